The maximum atomic E-state index is 11.7. The Labute approximate surface area is 108 Å². The number of aromatic nitrogens is 2. The molecule has 0 radical (unpaired) electrons. The van der Waals surface area contributed by atoms with Crippen LogP contribution >= 0.6 is 0 Å². The SMILES string of the molecule is Cc1nccn1C(=O)OCc1ccccc1[N+](=O)[O-]. The first-order valence-electron chi connectivity index (χ1n) is 5.49. The van der Waals surface area contributed by atoms with Crippen molar-refractivity contribution in [2.75, 3.05) is 0 Å². The van der Waals surface area contributed by atoms with Gasteiger partial charge in [0, 0.05) is 18.5 Å². The first-order chi connectivity index (χ1) is 9.09. The van der Waals surface area contributed by atoms with Gasteiger partial charge in [-0.1, -0.05) is 12.1 Å². The van der Waals surface area contributed by atoms with E-state index in [9.17, 15) is 14.9 Å². The third-order valence-electron chi connectivity index (χ3n) is 2.56. The van der Waals surface area contributed by atoms with E-state index in [1.807, 2.05) is 0 Å². The standard InChI is InChI=1S/C12H11N3O4/c1-9-13-6-7-14(9)12(16)19-8-10-4-2-3-5-11(10)15(17)18/h2-7H,8H2,1H3. The van der Waals surface area contributed by atoms with Gasteiger partial charge in [-0.05, 0) is 13.0 Å². The van der Waals surface area contributed by atoms with E-state index in [2.05, 4.69) is 4.98 Å². The fraction of sp³-hybridized carbons (Fsp3) is 0.167. The van der Waals surface area contributed by atoms with Crippen LogP contribution in [-0.4, -0.2) is 20.6 Å². The Kier molecular flexibility index (Phi) is 3.56. The van der Waals surface area contributed by atoms with Crippen molar-refractivity contribution < 1.29 is 14.5 Å². The number of ether oxygens (including phenoxy) is 1. The van der Waals surface area contributed by atoms with Gasteiger partial charge in [0.15, 0.2) is 0 Å². The monoisotopic (exact) mass is 261 g/mol. The van der Waals surface area contributed by atoms with E-state index in [-0.39, 0.29) is 12.3 Å². The van der Waals surface area contributed by atoms with Crippen LogP contribution in [0, 0.1) is 17.0 Å². The third kappa shape index (κ3) is 2.76. The maximum absolute atomic E-state index is 11.7. The minimum Gasteiger partial charge on any atom is -0.444 e. The van der Waals surface area contributed by atoms with Crippen molar-refractivity contribution in [3.63, 3.8) is 0 Å². The second-order valence-corrected chi connectivity index (χ2v) is 3.78. The Hall–Kier alpha value is -2.70. The molecule has 0 aliphatic rings. The molecule has 98 valence electrons. The van der Waals surface area contributed by atoms with Gasteiger partial charge < -0.3 is 4.74 Å². The number of nitro groups is 1. The molecule has 0 spiro atoms. The van der Waals surface area contributed by atoms with Crippen LogP contribution in [0.2, 0.25) is 0 Å². The molecule has 0 bridgehead atoms. The fourth-order valence-electron chi connectivity index (χ4n) is 1.59. The molecule has 19 heavy (non-hydrogen) atoms. The van der Waals surface area contributed by atoms with Crippen molar-refractivity contribution in [1.29, 1.82) is 0 Å². The number of nitrogens with zero attached hydrogens (tertiary/aromatic N) is 3. The molecule has 2 rings (SSSR count). The predicted octanol–water partition coefficient (Wildman–Crippen LogP) is 2.28. The van der Waals surface area contributed by atoms with E-state index in [1.54, 1.807) is 25.1 Å². The largest absolute Gasteiger partial charge is 0.444 e. The van der Waals surface area contributed by atoms with Crippen molar-refractivity contribution in [3.8, 4) is 0 Å². The van der Waals surface area contributed by atoms with Gasteiger partial charge in [0.05, 0.1) is 10.5 Å². The molecule has 0 unspecified atom stereocenters. The highest BCUT2D eigenvalue weighted by Gasteiger charge is 2.15. The van der Waals surface area contributed by atoms with Crippen molar-refractivity contribution in [2.24, 2.45) is 0 Å². The molecule has 0 atom stereocenters. The smallest absolute Gasteiger partial charge is 0.419 e. The number of hydrogen-bond acceptors (Lipinski definition) is 5. The Balaban J connectivity index is 2.10. The summed E-state index contributed by atoms with van der Waals surface area (Å²) in [6, 6.07) is 6.12. The minimum absolute atomic E-state index is 0.0716. The Morgan fingerprint density at radius 3 is 2.84 bits per heavy atom. The lowest BCUT2D eigenvalue weighted by Gasteiger charge is -2.06. The van der Waals surface area contributed by atoms with Crippen LogP contribution in [0.15, 0.2) is 36.7 Å². The third-order valence-corrected chi connectivity index (χ3v) is 2.56. The number of imidazole rings is 1. The quantitative estimate of drug-likeness (QED) is 0.624. The maximum Gasteiger partial charge on any atom is 0.419 e. The van der Waals surface area contributed by atoms with Crippen LogP contribution in [0.4, 0.5) is 10.5 Å². The van der Waals surface area contributed by atoms with Gasteiger partial charge in [-0.2, -0.15) is 0 Å². The summed E-state index contributed by atoms with van der Waals surface area (Å²) in [4.78, 5) is 25.9. The van der Waals surface area contributed by atoms with Crippen LogP contribution in [-0.2, 0) is 11.3 Å². The zero-order valence-corrected chi connectivity index (χ0v) is 10.1. The number of hydrogen-bond donors (Lipinski definition) is 0. The summed E-state index contributed by atoms with van der Waals surface area (Å²) in [5.41, 5.74) is 0.274. The number of rotatable bonds is 3. The number of para-hydroxylation sites is 1. The van der Waals surface area contributed by atoms with Crippen LogP contribution in [0.1, 0.15) is 11.4 Å². The normalized spacial score (nSPS) is 10.2. The first-order valence-corrected chi connectivity index (χ1v) is 5.49. The van der Waals surface area contributed by atoms with Crippen molar-refractivity contribution >= 4 is 11.8 Å². The van der Waals surface area contributed by atoms with Gasteiger partial charge in [-0.25, -0.2) is 14.3 Å². The Bertz CT molecular complexity index is 621. The molecule has 1 aromatic carbocycles. The average Bonchev–Trinajstić information content (AvgIpc) is 2.82. The summed E-state index contributed by atoms with van der Waals surface area (Å²) >= 11 is 0. The lowest BCUT2D eigenvalue weighted by Crippen LogP contribution is -2.14. The molecule has 0 fully saturated rings. The summed E-state index contributed by atoms with van der Waals surface area (Å²) in [6.07, 6.45) is 2.33. The molecule has 0 saturated heterocycles. The second-order valence-electron chi connectivity index (χ2n) is 3.78. The number of aryl methyl sites for hydroxylation is 1. The molecule has 7 heteroatoms. The predicted molar refractivity (Wildman–Crippen MR) is 65.6 cm³/mol. The number of carbonyl (C=O) groups excluding carboxylic acids is 1. The van der Waals surface area contributed by atoms with E-state index in [0.29, 0.717) is 11.4 Å². The highest BCUT2D eigenvalue weighted by Crippen LogP contribution is 2.18. The summed E-state index contributed by atoms with van der Waals surface area (Å²) < 4.78 is 6.25. The van der Waals surface area contributed by atoms with Gasteiger partial charge in [-0.3, -0.25) is 10.1 Å². The summed E-state index contributed by atoms with van der Waals surface area (Å²) in [6.45, 7) is 1.50. The number of carbonyl (C=O) groups is 1. The number of nitro benzene ring substituents is 1. The molecule has 0 N–H and O–H groups in total. The van der Waals surface area contributed by atoms with Crippen LogP contribution < -0.4 is 0 Å². The molecule has 1 heterocycles. The molecule has 0 saturated carbocycles. The Morgan fingerprint density at radius 1 is 1.47 bits per heavy atom. The lowest BCUT2D eigenvalue weighted by molar-refractivity contribution is -0.385. The van der Waals surface area contributed by atoms with Gasteiger partial charge in [-0.15, -0.1) is 0 Å². The van der Waals surface area contributed by atoms with E-state index in [1.165, 1.54) is 23.0 Å². The van der Waals surface area contributed by atoms with E-state index in [4.69, 9.17) is 4.74 Å². The number of benzene rings is 1. The summed E-state index contributed by atoms with van der Waals surface area (Å²) in [5, 5.41) is 10.8. The molecule has 1 aromatic heterocycles. The molecule has 0 aliphatic heterocycles. The van der Waals surface area contributed by atoms with Gasteiger partial charge in [0.2, 0.25) is 0 Å². The zero-order chi connectivity index (χ0) is 13.8. The summed E-state index contributed by atoms with van der Waals surface area (Å²) in [5.74, 6) is 0.493. The fourth-order valence-corrected chi connectivity index (χ4v) is 1.59. The van der Waals surface area contributed by atoms with E-state index < -0.39 is 11.0 Å². The van der Waals surface area contributed by atoms with Crippen molar-refractivity contribution in [1.82, 2.24) is 9.55 Å². The van der Waals surface area contributed by atoms with Crippen LogP contribution in [0.5, 0.6) is 0 Å². The molecular weight excluding hydrogens is 250 g/mol. The first kappa shape index (κ1) is 12.7. The molecule has 2 aromatic rings. The highest BCUT2D eigenvalue weighted by atomic mass is 16.6. The second kappa shape index (κ2) is 5.30. The average molecular weight is 261 g/mol. The molecule has 7 nitrogen and oxygen atoms in total. The van der Waals surface area contributed by atoms with Gasteiger partial charge in [0.1, 0.15) is 12.4 Å². The highest BCUT2D eigenvalue weighted by molar-refractivity contribution is 5.71. The molecule has 0 aliphatic carbocycles. The van der Waals surface area contributed by atoms with Gasteiger partial charge in [0.25, 0.3) is 5.69 Å². The molecular formula is C12H11N3O4. The van der Waals surface area contributed by atoms with E-state index in [0.717, 1.165) is 0 Å². The van der Waals surface area contributed by atoms with Crippen molar-refractivity contribution in [2.45, 2.75) is 13.5 Å². The lowest BCUT2D eigenvalue weighted by atomic mass is 10.2. The zero-order valence-electron chi connectivity index (χ0n) is 10.1. The van der Waals surface area contributed by atoms with E-state index >= 15 is 0 Å². The summed E-state index contributed by atoms with van der Waals surface area (Å²) in [7, 11) is 0. The minimum atomic E-state index is -0.617. The van der Waals surface area contributed by atoms with Crippen LogP contribution in [0.3, 0.4) is 0 Å². The van der Waals surface area contributed by atoms with Crippen LogP contribution in [0.25, 0.3) is 0 Å². The topological polar surface area (TPSA) is 87.3 Å². The van der Waals surface area contributed by atoms with Crippen molar-refractivity contribution in [3.05, 3.63) is 58.2 Å². The molecule has 0 amide bonds. The van der Waals surface area contributed by atoms with Gasteiger partial charge >= 0.3 is 6.09 Å². The Morgan fingerprint density at radius 2 is 2.21 bits per heavy atom.